The van der Waals surface area contributed by atoms with Crippen molar-refractivity contribution < 1.29 is 4.79 Å². The topological polar surface area (TPSA) is 55.1 Å². The number of hydrogen-bond donors (Lipinski definition) is 2. The SMILES string of the molecule is C=CNC(C=O)(CCCN)c1cccc(-c2cccc(C)c2)c1. The smallest absolute Gasteiger partial charge is 0.149 e. The maximum atomic E-state index is 11.9. The summed E-state index contributed by atoms with van der Waals surface area (Å²) in [5, 5.41) is 3.13. The van der Waals surface area contributed by atoms with Gasteiger partial charge in [-0.2, -0.15) is 0 Å². The van der Waals surface area contributed by atoms with Crippen LogP contribution < -0.4 is 11.1 Å². The van der Waals surface area contributed by atoms with E-state index in [0.717, 1.165) is 29.4 Å². The van der Waals surface area contributed by atoms with Crippen LogP contribution >= 0.6 is 0 Å². The van der Waals surface area contributed by atoms with Gasteiger partial charge in [0.15, 0.2) is 0 Å². The molecule has 2 rings (SSSR count). The van der Waals surface area contributed by atoms with Crippen molar-refractivity contribution in [2.45, 2.75) is 25.3 Å². The largest absolute Gasteiger partial charge is 0.376 e. The number of aryl methyl sites for hydroxylation is 1. The fraction of sp³-hybridized carbons (Fsp3) is 0.250. The summed E-state index contributed by atoms with van der Waals surface area (Å²) in [6, 6.07) is 16.4. The zero-order valence-electron chi connectivity index (χ0n) is 13.6. The molecule has 0 radical (unpaired) electrons. The van der Waals surface area contributed by atoms with Crippen molar-refractivity contribution in [1.82, 2.24) is 5.32 Å². The monoisotopic (exact) mass is 308 g/mol. The second-order valence-electron chi connectivity index (χ2n) is 5.78. The van der Waals surface area contributed by atoms with Crippen LogP contribution in [0.15, 0.2) is 61.3 Å². The molecule has 3 nitrogen and oxygen atoms in total. The first-order valence-corrected chi connectivity index (χ1v) is 7.88. The molecule has 2 aromatic carbocycles. The number of hydrogen-bond acceptors (Lipinski definition) is 3. The van der Waals surface area contributed by atoms with E-state index in [9.17, 15) is 4.79 Å². The van der Waals surface area contributed by atoms with Crippen molar-refractivity contribution in [3.8, 4) is 11.1 Å². The number of nitrogens with one attached hydrogen (secondary N) is 1. The number of nitrogens with two attached hydrogens (primary N) is 1. The van der Waals surface area contributed by atoms with Crippen molar-refractivity contribution in [3.63, 3.8) is 0 Å². The lowest BCUT2D eigenvalue weighted by Gasteiger charge is -2.29. The molecular weight excluding hydrogens is 284 g/mol. The van der Waals surface area contributed by atoms with Gasteiger partial charge in [0.05, 0.1) is 0 Å². The minimum Gasteiger partial charge on any atom is -0.376 e. The molecule has 0 aliphatic rings. The quantitative estimate of drug-likeness (QED) is 0.734. The van der Waals surface area contributed by atoms with Gasteiger partial charge in [-0.05, 0) is 55.3 Å². The number of benzene rings is 2. The molecular formula is C20H24N2O. The van der Waals surface area contributed by atoms with E-state index in [4.69, 9.17) is 5.73 Å². The third-order valence-electron chi connectivity index (χ3n) is 4.07. The number of rotatable bonds is 8. The van der Waals surface area contributed by atoms with E-state index in [1.165, 1.54) is 5.56 Å². The minimum atomic E-state index is -0.777. The van der Waals surface area contributed by atoms with E-state index >= 15 is 0 Å². The molecule has 0 amide bonds. The van der Waals surface area contributed by atoms with Crippen molar-refractivity contribution >= 4 is 6.29 Å². The van der Waals surface area contributed by atoms with Gasteiger partial charge < -0.3 is 15.8 Å². The van der Waals surface area contributed by atoms with Crippen molar-refractivity contribution in [3.05, 3.63) is 72.4 Å². The minimum absolute atomic E-state index is 0.548. The zero-order valence-corrected chi connectivity index (χ0v) is 13.6. The molecule has 1 unspecified atom stereocenters. The van der Waals surface area contributed by atoms with Gasteiger partial charge in [0.25, 0.3) is 0 Å². The molecule has 3 N–H and O–H groups in total. The van der Waals surface area contributed by atoms with Crippen LogP contribution in [0.4, 0.5) is 0 Å². The highest BCUT2D eigenvalue weighted by Crippen LogP contribution is 2.29. The second-order valence-corrected chi connectivity index (χ2v) is 5.78. The summed E-state index contributed by atoms with van der Waals surface area (Å²) < 4.78 is 0. The van der Waals surface area contributed by atoms with Crippen LogP contribution in [0.2, 0.25) is 0 Å². The van der Waals surface area contributed by atoms with E-state index in [1.807, 2.05) is 18.2 Å². The standard InChI is InChI=1S/C20H24N2O/c1-3-22-20(15-23,11-6-12-21)19-10-5-9-18(14-19)17-8-4-7-16(2)13-17/h3-5,7-10,13-15,22H,1,6,11-12,21H2,2H3. The highest BCUT2D eigenvalue weighted by Gasteiger charge is 2.30. The van der Waals surface area contributed by atoms with E-state index in [-0.39, 0.29) is 0 Å². The van der Waals surface area contributed by atoms with Gasteiger partial charge in [0.1, 0.15) is 11.8 Å². The molecule has 0 fully saturated rings. The normalized spacial score (nSPS) is 13.1. The lowest BCUT2D eigenvalue weighted by molar-refractivity contribution is -0.113. The molecule has 0 aliphatic heterocycles. The predicted octanol–water partition coefficient (Wildman–Crippen LogP) is 3.53. The lowest BCUT2D eigenvalue weighted by Crippen LogP contribution is -2.41. The fourth-order valence-corrected chi connectivity index (χ4v) is 2.82. The van der Waals surface area contributed by atoms with Crippen LogP contribution in [0.3, 0.4) is 0 Å². The van der Waals surface area contributed by atoms with Crippen LogP contribution in [0, 0.1) is 6.92 Å². The molecule has 120 valence electrons. The van der Waals surface area contributed by atoms with Gasteiger partial charge in [0.2, 0.25) is 0 Å². The van der Waals surface area contributed by atoms with E-state index < -0.39 is 5.54 Å². The Hall–Kier alpha value is -2.39. The summed E-state index contributed by atoms with van der Waals surface area (Å²) in [6.45, 7) is 6.34. The molecule has 0 bridgehead atoms. The first-order chi connectivity index (χ1) is 11.1. The Morgan fingerprint density at radius 1 is 1.17 bits per heavy atom. The Morgan fingerprint density at radius 2 is 1.87 bits per heavy atom. The van der Waals surface area contributed by atoms with Crippen LogP contribution in [0.1, 0.15) is 24.0 Å². The van der Waals surface area contributed by atoms with Gasteiger partial charge >= 0.3 is 0 Å². The maximum absolute atomic E-state index is 11.9. The third kappa shape index (κ3) is 3.88. The van der Waals surface area contributed by atoms with Crippen LogP contribution in [0.25, 0.3) is 11.1 Å². The van der Waals surface area contributed by atoms with E-state index in [2.05, 4.69) is 49.2 Å². The molecule has 0 aliphatic carbocycles. The summed E-state index contributed by atoms with van der Waals surface area (Å²) in [5.74, 6) is 0. The first-order valence-electron chi connectivity index (χ1n) is 7.88. The average molecular weight is 308 g/mol. The predicted molar refractivity (Wildman–Crippen MR) is 96.0 cm³/mol. The number of carbonyl (C=O) groups excluding carboxylic acids is 1. The Kier molecular flexibility index (Phi) is 5.72. The van der Waals surface area contributed by atoms with Gasteiger partial charge in [-0.1, -0.05) is 54.6 Å². The van der Waals surface area contributed by atoms with Crippen LogP contribution in [-0.4, -0.2) is 12.8 Å². The van der Waals surface area contributed by atoms with Gasteiger partial charge in [-0.25, -0.2) is 0 Å². The maximum Gasteiger partial charge on any atom is 0.149 e. The van der Waals surface area contributed by atoms with Crippen molar-refractivity contribution in [1.29, 1.82) is 0 Å². The van der Waals surface area contributed by atoms with E-state index in [0.29, 0.717) is 13.0 Å². The summed E-state index contributed by atoms with van der Waals surface area (Å²) in [6.07, 6.45) is 3.93. The van der Waals surface area contributed by atoms with Gasteiger partial charge in [-0.3, -0.25) is 0 Å². The Labute approximate surface area is 138 Å². The summed E-state index contributed by atoms with van der Waals surface area (Å²) >= 11 is 0. The molecule has 0 saturated heterocycles. The zero-order chi connectivity index (χ0) is 16.7. The second kappa shape index (κ2) is 7.75. The van der Waals surface area contributed by atoms with Crippen LogP contribution in [-0.2, 0) is 10.3 Å². The summed E-state index contributed by atoms with van der Waals surface area (Å²) in [7, 11) is 0. The van der Waals surface area contributed by atoms with E-state index in [1.54, 1.807) is 6.20 Å². The summed E-state index contributed by atoms with van der Waals surface area (Å²) in [4.78, 5) is 11.9. The molecule has 0 spiro atoms. The van der Waals surface area contributed by atoms with Gasteiger partial charge in [0, 0.05) is 0 Å². The molecule has 1 atom stereocenters. The van der Waals surface area contributed by atoms with Crippen molar-refractivity contribution in [2.24, 2.45) is 5.73 Å². The molecule has 2 aromatic rings. The molecule has 0 heterocycles. The molecule has 0 aromatic heterocycles. The first kappa shape index (κ1) is 17.0. The number of aldehydes is 1. The third-order valence-corrected chi connectivity index (χ3v) is 4.07. The Balaban J connectivity index is 2.46. The number of carbonyl (C=O) groups is 1. The Bertz CT molecular complexity index is 681. The Morgan fingerprint density at radius 3 is 2.48 bits per heavy atom. The van der Waals surface area contributed by atoms with Crippen LogP contribution in [0.5, 0.6) is 0 Å². The molecule has 0 saturated carbocycles. The highest BCUT2D eigenvalue weighted by atomic mass is 16.1. The highest BCUT2D eigenvalue weighted by molar-refractivity contribution is 5.72. The fourth-order valence-electron chi connectivity index (χ4n) is 2.82. The molecule has 3 heteroatoms. The lowest BCUT2D eigenvalue weighted by atomic mass is 9.85. The van der Waals surface area contributed by atoms with Crippen molar-refractivity contribution in [2.75, 3.05) is 6.54 Å². The summed E-state index contributed by atoms with van der Waals surface area (Å²) in [5.41, 5.74) is 9.23. The average Bonchev–Trinajstić information content (AvgIpc) is 2.59. The van der Waals surface area contributed by atoms with Gasteiger partial charge in [-0.15, -0.1) is 0 Å². The molecule has 23 heavy (non-hydrogen) atoms.